The van der Waals surface area contributed by atoms with Crippen LogP contribution in [-0.2, 0) is 0 Å². The zero-order chi connectivity index (χ0) is 11.2. The van der Waals surface area contributed by atoms with E-state index in [4.69, 9.17) is 5.21 Å². The fourth-order valence-corrected chi connectivity index (χ4v) is 2.03. The van der Waals surface area contributed by atoms with Crippen LogP contribution >= 0.6 is 15.9 Å². The van der Waals surface area contributed by atoms with Crippen molar-refractivity contribution >= 4 is 32.7 Å². The Hall–Kier alpha value is -1.70. The van der Waals surface area contributed by atoms with Gasteiger partial charge in [-0.2, -0.15) is 0 Å². The molecule has 0 aliphatic rings. The Morgan fingerprint density at radius 2 is 2.27 bits per heavy atom. The third-order valence-corrected chi connectivity index (χ3v) is 2.62. The summed E-state index contributed by atoms with van der Waals surface area (Å²) in [7, 11) is 0. The highest BCUT2D eigenvalue weighted by Crippen LogP contribution is 2.33. The molecular formula is C7H5BrN4O3. The van der Waals surface area contributed by atoms with Crippen LogP contribution in [0.15, 0.2) is 10.5 Å². The number of nitro benzene ring substituents is 1. The topological polar surface area (TPSA) is 94.1 Å². The first-order valence-electron chi connectivity index (χ1n) is 3.90. The summed E-state index contributed by atoms with van der Waals surface area (Å²) in [5.41, 5.74) is 1.01. The Bertz CT molecular complexity index is 565. The Morgan fingerprint density at radius 1 is 1.60 bits per heavy atom. The molecule has 0 bridgehead atoms. The molecule has 0 saturated carbocycles. The van der Waals surface area contributed by atoms with E-state index in [1.54, 1.807) is 6.92 Å². The number of nitrogens with zero attached hydrogens (tertiary/aromatic N) is 4. The van der Waals surface area contributed by atoms with Gasteiger partial charge in [-0.1, -0.05) is 0 Å². The largest absolute Gasteiger partial charge is 0.396 e. The maximum atomic E-state index is 10.8. The molecule has 1 aromatic carbocycles. The molecule has 8 heteroatoms. The number of nitro groups is 1. The van der Waals surface area contributed by atoms with Crippen LogP contribution in [0.2, 0.25) is 0 Å². The molecule has 7 nitrogen and oxygen atoms in total. The molecular weight excluding hydrogens is 268 g/mol. The molecule has 0 spiro atoms. The Balaban J connectivity index is 2.89. The second-order valence-corrected chi connectivity index (χ2v) is 3.78. The average molecular weight is 273 g/mol. The Labute approximate surface area is 91.5 Å². The molecule has 0 saturated heterocycles. The third-order valence-electron chi connectivity index (χ3n) is 2.01. The first-order valence-corrected chi connectivity index (χ1v) is 4.70. The van der Waals surface area contributed by atoms with Crippen LogP contribution in [0.25, 0.3) is 11.0 Å². The highest BCUT2D eigenvalue weighted by Gasteiger charge is 2.21. The lowest BCUT2D eigenvalue weighted by molar-refractivity contribution is -0.386. The van der Waals surface area contributed by atoms with E-state index in [0.29, 0.717) is 26.0 Å². The monoisotopic (exact) mass is 272 g/mol. The van der Waals surface area contributed by atoms with Crippen LogP contribution in [0, 0.1) is 17.0 Å². The molecule has 0 fully saturated rings. The van der Waals surface area contributed by atoms with Crippen LogP contribution in [0.4, 0.5) is 5.69 Å². The molecule has 0 radical (unpaired) electrons. The lowest BCUT2D eigenvalue weighted by Crippen LogP contribution is -1.94. The van der Waals surface area contributed by atoms with Gasteiger partial charge in [-0.25, -0.2) is 0 Å². The summed E-state index contributed by atoms with van der Waals surface area (Å²) in [4.78, 5) is 10.6. The van der Waals surface area contributed by atoms with E-state index in [1.807, 2.05) is 0 Å². The molecule has 0 aliphatic carbocycles. The smallest absolute Gasteiger partial charge is 0.288 e. The van der Waals surface area contributed by atoms with Crippen molar-refractivity contribution in [1.29, 1.82) is 0 Å². The van der Waals surface area contributed by atoms with Gasteiger partial charge in [0.2, 0.25) is 0 Å². The Kier molecular flexibility index (Phi) is 2.07. The van der Waals surface area contributed by atoms with Gasteiger partial charge in [-0.15, -0.1) is 10.2 Å². The van der Waals surface area contributed by atoms with Crippen molar-refractivity contribution in [1.82, 2.24) is 15.2 Å². The minimum Gasteiger partial charge on any atom is -0.396 e. The minimum absolute atomic E-state index is 0.0667. The van der Waals surface area contributed by atoms with Crippen molar-refractivity contribution in [2.24, 2.45) is 0 Å². The van der Waals surface area contributed by atoms with Crippen LogP contribution in [0.1, 0.15) is 5.56 Å². The molecule has 0 atom stereocenters. The molecule has 1 N–H and O–H groups in total. The number of hydrogen-bond donors (Lipinski definition) is 1. The zero-order valence-electron chi connectivity index (χ0n) is 7.51. The van der Waals surface area contributed by atoms with Crippen LogP contribution in [0.5, 0.6) is 0 Å². The van der Waals surface area contributed by atoms with E-state index in [1.165, 1.54) is 6.07 Å². The van der Waals surface area contributed by atoms with Gasteiger partial charge in [0.15, 0.2) is 0 Å². The lowest BCUT2D eigenvalue weighted by Gasteiger charge is -1.98. The maximum Gasteiger partial charge on any atom is 0.288 e. The number of aromatic nitrogens is 3. The molecule has 1 heterocycles. The van der Waals surface area contributed by atoms with Crippen molar-refractivity contribution in [3.8, 4) is 0 Å². The molecule has 0 aliphatic heterocycles. The highest BCUT2D eigenvalue weighted by atomic mass is 79.9. The van der Waals surface area contributed by atoms with Crippen molar-refractivity contribution in [3.63, 3.8) is 0 Å². The second-order valence-electron chi connectivity index (χ2n) is 2.93. The summed E-state index contributed by atoms with van der Waals surface area (Å²) in [5, 5.41) is 27.0. The van der Waals surface area contributed by atoms with Crippen molar-refractivity contribution < 1.29 is 10.1 Å². The predicted molar refractivity (Wildman–Crippen MR) is 53.8 cm³/mol. The molecule has 15 heavy (non-hydrogen) atoms. The van der Waals surface area contributed by atoms with Gasteiger partial charge in [0.25, 0.3) is 5.69 Å². The molecule has 0 unspecified atom stereocenters. The van der Waals surface area contributed by atoms with Crippen molar-refractivity contribution in [2.45, 2.75) is 6.92 Å². The highest BCUT2D eigenvalue weighted by molar-refractivity contribution is 9.10. The van der Waals surface area contributed by atoms with Crippen LogP contribution < -0.4 is 0 Å². The second kappa shape index (κ2) is 3.16. The van der Waals surface area contributed by atoms with Gasteiger partial charge < -0.3 is 5.21 Å². The first kappa shape index (κ1) is 9.84. The average Bonchev–Trinajstić information content (AvgIpc) is 2.45. The molecule has 2 rings (SSSR count). The summed E-state index contributed by atoms with van der Waals surface area (Å²) in [5.74, 6) is 0. The van der Waals surface area contributed by atoms with E-state index in [2.05, 4.69) is 26.1 Å². The Morgan fingerprint density at radius 3 is 2.87 bits per heavy atom. The van der Waals surface area contributed by atoms with Crippen LogP contribution in [0.3, 0.4) is 0 Å². The van der Waals surface area contributed by atoms with E-state index in [9.17, 15) is 10.1 Å². The number of rotatable bonds is 1. The standard InChI is InChI=1S/C7H5BrN4O3/c1-3-6-5(9-12(15)10-6)2-4(8)7(3)11(13)14/h2,15H,1H3. The van der Waals surface area contributed by atoms with Gasteiger partial charge in [0.1, 0.15) is 11.0 Å². The molecule has 78 valence electrons. The van der Waals surface area contributed by atoms with Gasteiger partial charge in [0, 0.05) is 0 Å². The summed E-state index contributed by atoms with van der Waals surface area (Å²) in [6.07, 6.45) is 0. The first-order chi connectivity index (χ1) is 7.00. The third kappa shape index (κ3) is 1.42. The van der Waals surface area contributed by atoms with E-state index >= 15 is 0 Å². The number of halogens is 1. The summed E-state index contributed by atoms with van der Waals surface area (Å²) >= 11 is 3.08. The fraction of sp³-hybridized carbons (Fsp3) is 0.143. The van der Waals surface area contributed by atoms with E-state index < -0.39 is 4.92 Å². The number of fused-ring (bicyclic) bond motifs is 1. The number of hydrogen-bond acceptors (Lipinski definition) is 5. The van der Waals surface area contributed by atoms with Crippen molar-refractivity contribution in [2.75, 3.05) is 0 Å². The molecule has 0 amide bonds. The summed E-state index contributed by atoms with van der Waals surface area (Å²) in [6, 6.07) is 1.44. The van der Waals surface area contributed by atoms with Gasteiger partial charge >= 0.3 is 0 Å². The fourth-order valence-electron chi connectivity index (χ4n) is 1.37. The number of aryl methyl sites for hydroxylation is 1. The number of benzene rings is 1. The van der Waals surface area contributed by atoms with Gasteiger partial charge in [-0.3, -0.25) is 10.1 Å². The van der Waals surface area contributed by atoms with E-state index in [-0.39, 0.29) is 5.69 Å². The minimum atomic E-state index is -0.505. The lowest BCUT2D eigenvalue weighted by atomic mass is 10.1. The maximum absolute atomic E-state index is 10.8. The predicted octanol–water partition coefficient (Wildman–Crippen LogP) is 1.65. The molecule has 1 aromatic heterocycles. The zero-order valence-corrected chi connectivity index (χ0v) is 9.09. The van der Waals surface area contributed by atoms with Gasteiger partial charge in [-0.05, 0) is 33.9 Å². The van der Waals surface area contributed by atoms with Crippen LogP contribution in [-0.4, -0.2) is 25.3 Å². The molecule has 2 aromatic rings. The van der Waals surface area contributed by atoms with Gasteiger partial charge in [0.05, 0.1) is 15.0 Å². The van der Waals surface area contributed by atoms with E-state index in [0.717, 1.165) is 0 Å². The summed E-state index contributed by atoms with van der Waals surface area (Å²) < 4.78 is 0.318. The summed E-state index contributed by atoms with van der Waals surface area (Å²) in [6.45, 7) is 1.56. The van der Waals surface area contributed by atoms with Crippen molar-refractivity contribution in [3.05, 3.63) is 26.2 Å². The SMILES string of the molecule is Cc1c([N+](=O)[O-])c(Br)cc2nn(O)nc12. The quantitative estimate of drug-likeness (QED) is 0.484. The normalized spacial score (nSPS) is 10.8.